The van der Waals surface area contributed by atoms with Gasteiger partial charge in [-0.25, -0.2) is 15.0 Å². The molecule has 0 aromatic heterocycles. The summed E-state index contributed by atoms with van der Waals surface area (Å²) in [6, 6.07) is 16.6. The highest BCUT2D eigenvalue weighted by Gasteiger charge is 2.48. The molecule has 2 amide bonds. The normalized spacial score (nSPS) is 23.4. The summed E-state index contributed by atoms with van der Waals surface area (Å²) in [5.74, 6) is 0.621. The first-order valence-electron chi connectivity index (χ1n) is 11.3. The van der Waals surface area contributed by atoms with Crippen molar-refractivity contribution in [2.75, 3.05) is 18.5 Å². The Hall–Kier alpha value is -3.39. The third-order valence-corrected chi connectivity index (χ3v) is 5.96. The van der Waals surface area contributed by atoms with Crippen molar-refractivity contribution in [1.82, 2.24) is 5.43 Å². The van der Waals surface area contributed by atoms with Gasteiger partial charge in [0.15, 0.2) is 6.61 Å². The Labute approximate surface area is 193 Å². The lowest BCUT2D eigenvalue weighted by Crippen LogP contribution is -2.31. The van der Waals surface area contributed by atoms with E-state index >= 15 is 0 Å². The maximum Gasteiger partial charge on any atom is 0.344 e. The second-order valence-electron chi connectivity index (χ2n) is 8.19. The molecule has 2 heterocycles. The third kappa shape index (κ3) is 6.10. The predicted molar refractivity (Wildman–Crippen MR) is 124 cm³/mol. The number of nitrogens with zero attached hydrogens (tertiary/aromatic N) is 1. The number of nitrogens with one attached hydrogen (secondary N) is 2. The number of urea groups is 1. The summed E-state index contributed by atoms with van der Waals surface area (Å²) < 4.78 is 16.6. The molecule has 0 radical (unpaired) electrons. The molecule has 174 valence electrons. The summed E-state index contributed by atoms with van der Waals surface area (Å²) in [7, 11) is 0. The van der Waals surface area contributed by atoms with Crippen LogP contribution < -0.4 is 15.5 Å². The van der Waals surface area contributed by atoms with E-state index in [1.807, 2.05) is 54.6 Å². The number of rotatable bonds is 9. The van der Waals surface area contributed by atoms with Gasteiger partial charge in [-0.15, -0.1) is 0 Å². The molecule has 0 aliphatic carbocycles. The van der Waals surface area contributed by atoms with Crippen molar-refractivity contribution in [1.29, 1.82) is 0 Å². The molecule has 2 saturated heterocycles. The van der Waals surface area contributed by atoms with Crippen molar-refractivity contribution < 1.29 is 23.8 Å². The van der Waals surface area contributed by atoms with E-state index in [1.54, 1.807) is 13.1 Å². The lowest BCUT2D eigenvalue weighted by atomic mass is 9.77. The largest absolute Gasteiger partial charge is 0.482 e. The van der Waals surface area contributed by atoms with Gasteiger partial charge in [-0.1, -0.05) is 30.3 Å². The Bertz CT molecular complexity index is 981. The standard InChI is InChI=1S/C25H29N3O5/c1-2-31-24(29)16-32-19-10-6-7-17(13-19)14-20-21(23-12-11-22(20)33-23)15-26-28-25(30)27-18-8-4-3-5-9-18/h3-10,13,15,20-23H,2,11-12,14,16H2,1H3,(H2,27,28,30). The van der Waals surface area contributed by atoms with Crippen molar-refractivity contribution in [2.45, 2.75) is 38.4 Å². The number of anilines is 1. The number of hydrogen-bond donors (Lipinski definition) is 2. The molecule has 8 nitrogen and oxygen atoms in total. The number of ether oxygens (including phenoxy) is 3. The molecule has 4 atom stereocenters. The molecule has 2 N–H and O–H groups in total. The molecule has 2 bridgehead atoms. The molecule has 2 aromatic carbocycles. The van der Waals surface area contributed by atoms with Crippen molar-refractivity contribution in [2.24, 2.45) is 16.9 Å². The van der Waals surface area contributed by atoms with Crippen LogP contribution in [0.25, 0.3) is 0 Å². The molecule has 4 unspecified atom stereocenters. The quantitative estimate of drug-likeness (QED) is 0.344. The topological polar surface area (TPSA) is 98.2 Å². The molecule has 2 aliphatic heterocycles. The predicted octanol–water partition coefficient (Wildman–Crippen LogP) is 3.77. The minimum Gasteiger partial charge on any atom is -0.482 e. The number of carbonyl (C=O) groups is 2. The molecule has 2 aromatic rings. The van der Waals surface area contributed by atoms with E-state index < -0.39 is 0 Å². The summed E-state index contributed by atoms with van der Waals surface area (Å²) in [6.45, 7) is 1.99. The lowest BCUT2D eigenvalue weighted by molar-refractivity contribution is -0.145. The SMILES string of the molecule is CCOC(=O)COc1cccc(CC2C3CCC(O3)C2C=NNC(=O)Nc2ccccc2)c1. The van der Waals surface area contributed by atoms with Gasteiger partial charge in [-0.2, -0.15) is 5.10 Å². The van der Waals surface area contributed by atoms with Crippen LogP contribution in [0.3, 0.4) is 0 Å². The maximum atomic E-state index is 12.1. The molecular weight excluding hydrogens is 422 g/mol. The monoisotopic (exact) mass is 451 g/mol. The number of hydrazone groups is 1. The van der Waals surface area contributed by atoms with E-state index in [0.717, 1.165) is 24.8 Å². The second-order valence-corrected chi connectivity index (χ2v) is 8.19. The minimum atomic E-state index is -0.385. The third-order valence-electron chi connectivity index (χ3n) is 5.96. The molecule has 0 spiro atoms. The average molecular weight is 452 g/mol. The van der Waals surface area contributed by atoms with Gasteiger partial charge in [0.25, 0.3) is 0 Å². The highest BCUT2D eigenvalue weighted by Crippen LogP contribution is 2.44. The summed E-state index contributed by atoms with van der Waals surface area (Å²) in [6.07, 6.45) is 4.92. The number of para-hydroxylation sites is 1. The van der Waals surface area contributed by atoms with Crippen LogP contribution in [0, 0.1) is 11.8 Å². The fourth-order valence-corrected chi connectivity index (χ4v) is 4.53. The summed E-state index contributed by atoms with van der Waals surface area (Å²) in [4.78, 5) is 23.6. The van der Waals surface area contributed by atoms with Crippen molar-refractivity contribution >= 4 is 23.9 Å². The van der Waals surface area contributed by atoms with E-state index in [1.165, 1.54) is 0 Å². The van der Waals surface area contributed by atoms with Gasteiger partial charge in [0.2, 0.25) is 0 Å². The van der Waals surface area contributed by atoms with Gasteiger partial charge in [0, 0.05) is 17.8 Å². The van der Waals surface area contributed by atoms with E-state index in [4.69, 9.17) is 14.2 Å². The summed E-state index contributed by atoms with van der Waals surface area (Å²) in [5, 5.41) is 6.95. The Kier molecular flexibility index (Phi) is 7.57. The van der Waals surface area contributed by atoms with Gasteiger partial charge < -0.3 is 19.5 Å². The number of carbonyl (C=O) groups excluding carboxylic acids is 2. The zero-order valence-electron chi connectivity index (χ0n) is 18.6. The number of benzene rings is 2. The van der Waals surface area contributed by atoms with Crippen molar-refractivity contribution in [3.63, 3.8) is 0 Å². The van der Waals surface area contributed by atoms with E-state index in [0.29, 0.717) is 18.0 Å². The Morgan fingerprint density at radius 2 is 1.94 bits per heavy atom. The first kappa shape index (κ1) is 22.8. The molecule has 8 heteroatoms. The highest BCUT2D eigenvalue weighted by molar-refractivity contribution is 5.89. The van der Waals surface area contributed by atoms with Crippen LogP contribution in [0.5, 0.6) is 5.75 Å². The van der Waals surface area contributed by atoms with Crippen LogP contribution in [0.1, 0.15) is 25.3 Å². The molecule has 2 aliphatic rings. The first-order valence-corrected chi connectivity index (χ1v) is 11.3. The van der Waals surface area contributed by atoms with Crippen LogP contribution in [0.15, 0.2) is 59.7 Å². The summed E-state index contributed by atoms with van der Waals surface area (Å²) in [5.41, 5.74) is 4.36. The number of esters is 1. The van der Waals surface area contributed by atoms with Gasteiger partial charge in [-0.3, -0.25) is 0 Å². The van der Waals surface area contributed by atoms with Gasteiger partial charge >= 0.3 is 12.0 Å². The molecule has 4 rings (SSSR count). The van der Waals surface area contributed by atoms with Crippen LogP contribution in [0.4, 0.5) is 10.5 Å². The zero-order chi connectivity index (χ0) is 23.0. The summed E-state index contributed by atoms with van der Waals surface area (Å²) >= 11 is 0. The second kappa shape index (κ2) is 11.0. The van der Waals surface area contributed by atoms with Gasteiger partial charge in [0.1, 0.15) is 5.75 Å². The van der Waals surface area contributed by atoms with Crippen LogP contribution >= 0.6 is 0 Å². The number of hydrogen-bond acceptors (Lipinski definition) is 6. The van der Waals surface area contributed by atoms with Crippen LogP contribution in [-0.4, -0.2) is 43.6 Å². The first-order chi connectivity index (χ1) is 16.1. The fraction of sp³-hybridized carbons (Fsp3) is 0.400. The number of fused-ring (bicyclic) bond motifs is 2. The van der Waals surface area contributed by atoms with Crippen LogP contribution in [0.2, 0.25) is 0 Å². The average Bonchev–Trinajstić information content (AvgIpc) is 3.41. The van der Waals surface area contributed by atoms with Crippen LogP contribution in [-0.2, 0) is 20.7 Å². The lowest BCUT2D eigenvalue weighted by Gasteiger charge is -2.25. The Balaban J connectivity index is 1.34. The van der Waals surface area contributed by atoms with Gasteiger partial charge in [-0.05, 0) is 61.9 Å². The zero-order valence-corrected chi connectivity index (χ0v) is 18.6. The minimum absolute atomic E-state index is 0.111. The molecule has 2 fully saturated rings. The smallest absolute Gasteiger partial charge is 0.344 e. The van der Waals surface area contributed by atoms with E-state index in [9.17, 15) is 9.59 Å². The Morgan fingerprint density at radius 3 is 2.76 bits per heavy atom. The Morgan fingerprint density at radius 1 is 1.12 bits per heavy atom. The van der Waals surface area contributed by atoms with E-state index in [-0.39, 0.29) is 42.7 Å². The molecular formula is C25H29N3O5. The molecule has 0 saturated carbocycles. The van der Waals surface area contributed by atoms with Crippen molar-refractivity contribution in [3.05, 3.63) is 60.2 Å². The highest BCUT2D eigenvalue weighted by atomic mass is 16.6. The number of amides is 2. The maximum absolute atomic E-state index is 12.1. The van der Waals surface area contributed by atoms with E-state index in [2.05, 4.69) is 15.8 Å². The fourth-order valence-electron chi connectivity index (χ4n) is 4.53. The van der Waals surface area contributed by atoms with Gasteiger partial charge in [0.05, 0.1) is 18.8 Å². The molecule has 33 heavy (non-hydrogen) atoms. The van der Waals surface area contributed by atoms with Crippen molar-refractivity contribution in [3.8, 4) is 5.75 Å².